The van der Waals surface area contributed by atoms with Gasteiger partial charge in [0, 0.05) is 11.4 Å². The molecular formula is C10H11ClO. The van der Waals surface area contributed by atoms with Crippen LogP contribution >= 0.6 is 11.6 Å². The van der Waals surface area contributed by atoms with Crippen LogP contribution in [0.5, 0.6) is 0 Å². The summed E-state index contributed by atoms with van der Waals surface area (Å²) >= 11 is 5.79. The molecule has 64 valence electrons. The number of benzene rings is 1. The maximum absolute atomic E-state index is 10.8. The highest BCUT2D eigenvalue weighted by Crippen LogP contribution is 2.15. The molecule has 1 aromatic rings. The first kappa shape index (κ1) is 9.27. The number of Topliss-reactive ketones (excluding diaryl/α,β-unsaturated/α-hetero) is 1. The van der Waals surface area contributed by atoms with Crippen molar-refractivity contribution < 1.29 is 4.79 Å². The number of ketones is 1. The predicted molar refractivity (Wildman–Crippen MR) is 50.6 cm³/mol. The lowest BCUT2D eigenvalue weighted by Crippen LogP contribution is -1.98. The standard InChI is InChI=1S/C10H11ClO/c1-7-3-4-10(11)6-9(7)5-8(2)12/h3-4,6H,5H2,1-2H3. The van der Waals surface area contributed by atoms with Gasteiger partial charge in [0.15, 0.2) is 0 Å². The molecule has 0 bridgehead atoms. The summed E-state index contributed by atoms with van der Waals surface area (Å²) in [6.07, 6.45) is 0.479. The molecule has 0 N–H and O–H groups in total. The van der Waals surface area contributed by atoms with Crippen LogP contribution in [0.25, 0.3) is 0 Å². The molecular weight excluding hydrogens is 172 g/mol. The number of hydrogen-bond acceptors (Lipinski definition) is 1. The molecule has 0 saturated heterocycles. The van der Waals surface area contributed by atoms with Crippen molar-refractivity contribution in [3.63, 3.8) is 0 Å². The van der Waals surface area contributed by atoms with E-state index in [9.17, 15) is 4.79 Å². The quantitative estimate of drug-likeness (QED) is 0.688. The van der Waals surface area contributed by atoms with Crippen molar-refractivity contribution >= 4 is 17.4 Å². The first-order valence-corrected chi connectivity index (χ1v) is 4.22. The number of halogens is 1. The second-order valence-corrected chi connectivity index (χ2v) is 3.39. The van der Waals surface area contributed by atoms with Crippen LogP contribution in [0, 0.1) is 6.92 Å². The monoisotopic (exact) mass is 182 g/mol. The average Bonchev–Trinajstić information content (AvgIpc) is 1.96. The smallest absolute Gasteiger partial charge is 0.134 e. The molecule has 1 nitrogen and oxygen atoms in total. The topological polar surface area (TPSA) is 17.1 Å². The molecule has 0 saturated carbocycles. The molecule has 0 aliphatic heterocycles. The summed E-state index contributed by atoms with van der Waals surface area (Å²) in [5, 5.41) is 0.692. The molecule has 0 fully saturated rings. The van der Waals surface area contributed by atoms with Crippen LogP contribution in [0.3, 0.4) is 0 Å². The molecule has 0 unspecified atom stereocenters. The second-order valence-electron chi connectivity index (χ2n) is 2.95. The van der Waals surface area contributed by atoms with E-state index in [1.807, 2.05) is 25.1 Å². The van der Waals surface area contributed by atoms with Gasteiger partial charge in [0.2, 0.25) is 0 Å². The van der Waals surface area contributed by atoms with Crippen molar-refractivity contribution in [1.82, 2.24) is 0 Å². The van der Waals surface area contributed by atoms with Crippen LogP contribution in [-0.4, -0.2) is 5.78 Å². The first-order valence-electron chi connectivity index (χ1n) is 3.84. The molecule has 0 amide bonds. The Morgan fingerprint density at radius 1 is 1.50 bits per heavy atom. The lowest BCUT2D eigenvalue weighted by atomic mass is 10.0. The molecule has 12 heavy (non-hydrogen) atoms. The number of carbonyl (C=O) groups is 1. The Balaban J connectivity index is 2.97. The zero-order valence-corrected chi connectivity index (χ0v) is 7.98. The summed E-state index contributed by atoms with van der Waals surface area (Å²) in [5.74, 6) is 0.167. The van der Waals surface area contributed by atoms with Gasteiger partial charge < -0.3 is 0 Å². The fourth-order valence-corrected chi connectivity index (χ4v) is 1.29. The van der Waals surface area contributed by atoms with Gasteiger partial charge >= 0.3 is 0 Å². The third-order valence-corrected chi connectivity index (χ3v) is 1.99. The number of aryl methyl sites for hydroxylation is 1. The van der Waals surface area contributed by atoms with Crippen LogP contribution < -0.4 is 0 Å². The third-order valence-electron chi connectivity index (χ3n) is 1.75. The van der Waals surface area contributed by atoms with Gasteiger partial charge in [0.1, 0.15) is 5.78 Å². The summed E-state index contributed by atoms with van der Waals surface area (Å²) in [4.78, 5) is 10.8. The molecule has 1 aromatic carbocycles. The lowest BCUT2D eigenvalue weighted by Gasteiger charge is -2.02. The van der Waals surface area contributed by atoms with E-state index in [0.717, 1.165) is 11.1 Å². The maximum Gasteiger partial charge on any atom is 0.134 e. The van der Waals surface area contributed by atoms with E-state index < -0.39 is 0 Å². The molecule has 0 aliphatic carbocycles. The van der Waals surface area contributed by atoms with Crippen molar-refractivity contribution in [2.45, 2.75) is 20.3 Å². The van der Waals surface area contributed by atoms with Crippen molar-refractivity contribution in [2.24, 2.45) is 0 Å². The van der Waals surface area contributed by atoms with E-state index in [-0.39, 0.29) is 5.78 Å². The minimum Gasteiger partial charge on any atom is -0.300 e. The Kier molecular flexibility index (Phi) is 2.88. The van der Waals surface area contributed by atoms with E-state index in [4.69, 9.17) is 11.6 Å². The zero-order chi connectivity index (χ0) is 9.14. The zero-order valence-electron chi connectivity index (χ0n) is 7.23. The fourth-order valence-electron chi connectivity index (χ4n) is 1.10. The summed E-state index contributed by atoms with van der Waals surface area (Å²) in [5.41, 5.74) is 2.14. The molecule has 0 atom stereocenters. The summed E-state index contributed by atoms with van der Waals surface area (Å²) in [6, 6.07) is 5.61. The normalized spacial score (nSPS) is 9.92. The number of carbonyl (C=O) groups excluding carboxylic acids is 1. The van der Waals surface area contributed by atoms with Gasteiger partial charge in [0.25, 0.3) is 0 Å². The van der Waals surface area contributed by atoms with E-state index >= 15 is 0 Å². The maximum atomic E-state index is 10.8. The highest BCUT2D eigenvalue weighted by molar-refractivity contribution is 6.30. The van der Waals surface area contributed by atoms with Gasteiger partial charge in [-0.25, -0.2) is 0 Å². The van der Waals surface area contributed by atoms with Crippen LogP contribution in [0.1, 0.15) is 18.1 Å². The predicted octanol–water partition coefficient (Wildman–Crippen LogP) is 2.78. The van der Waals surface area contributed by atoms with Crippen molar-refractivity contribution in [3.8, 4) is 0 Å². The van der Waals surface area contributed by atoms with Gasteiger partial charge in [-0.1, -0.05) is 17.7 Å². The van der Waals surface area contributed by atoms with E-state index in [1.54, 1.807) is 6.92 Å². The van der Waals surface area contributed by atoms with Crippen molar-refractivity contribution in [2.75, 3.05) is 0 Å². The highest BCUT2D eigenvalue weighted by Gasteiger charge is 2.01. The SMILES string of the molecule is CC(=O)Cc1cc(Cl)ccc1C. The summed E-state index contributed by atoms with van der Waals surface area (Å²) in [6.45, 7) is 3.56. The van der Waals surface area contributed by atoms with Gasteiger partial charge in [-0.2, -0.15) is 0 Å². The minimum absolute atomic E-state index is 0.167. The minimum atomic E-state index is 0.167. The van der Waals surface area contributed by atoms with E-state index in [2.05, 4.69) is 0 Å². The highest BCUT2D eigenvalue weighted by atomic mass is 35.5. The number of rotatable bonds is 2. The third kappa shape index (κ3) is 2.35. The van der Waals surface area contributed by atoms with E-state index in [1.165, 1.54) is 0 Å². The van der Waals surface area contributed by atoms with Gasteiger partial charge in [-0.15, -0.1) is 0 Å². The molecule has 0 aliphatic rings. The van der Waals surface area contributed by atoms with Gasteiger partial charge in [-0.3, -0.25) is 4.79 Å². The summed E-state index contributed by atoms with van der Waals surface area (Å²) in [7, 11) is 0. The summed E-state index contributed by atoms with van der Waals surface area (Å²) < 4.78 is 0. The van der Waals surface area contributed by atoms with Crippen LogP contribution in [0.2, 0.25) is 5.02 Å². The Morgan fingerprint density at radius 3 is 2.75 bits per heavy atom. The molecule has 0 radical (unpaired) electrons. The molecule has 0 spiro atoms. The fraction of sp³-hybridized carbons (Fsp3) is 0.300. The largest absolute Gasteiger partial charge is 0.300 e. The van der Waals surface area contributed by atoms with Gasteiger partial charge in [0.05, 0.1) is 0 Å². The Hall–Kier alpha value is -0.820. The average molecular weight is 183 g/mol. The van der Waals surface area contributed by atoms with Gasteiger partial charge in [-0.05, 0) is 37.1 Å². The Bertz CT molecular complexity index is 305. The van der Waals surface area contributed by atoms with E-state index in [0.29, 0.717) is 11.4 Å². The van der Waals surface area contributed by atoms with Crippen LogP contribution in [0.15, 0.2) is 18.2 Å². The lowest BCUT2D eigenvalue weighted by molar-refractivity contribution is -0.116. The Labute approximate surface area is 77.4 Å². The van der Waals surface area contributed by atoms with Crippen molar-refractivity contribution in [3.05, 3.63) is 34.3 Å². The van der Waals surface area contributed by atoms with Crippen molar-refractivity contribution in [1.29, 1.82) is 0 Å². The van der Waals surface area contributed by atoms with Crippen LogP contribution in [-0.2, 0) is 11.2 Å². The molecule has 1 rings (SSSR count). The van der Waals surface area contributed by atoms with Crippen LogP contribution in [0.4, 0.5) is 0 Å². The molecule has 0 aromatic heterocycles. The molecule has 0 heterocycles. The Morgan fingerprint density at radius 2 is 2.17 bits per heavy atom. The first-order chi connectivity index (χ1) is 5.59. The second kappa shape index (κ2) is 3.72. The molecule has 2 heteroatoms. The number of hydrogen-bond donors (Lipinski definition) is 0.